The highest BCUT2D eigenvalue weighted by Gasteiger charge is 2.23. The van der Waals surface area contributed by atoms with Gasteiger partial charge in [-0.3, -0.25) is 0 Å². The Morgan fingerprint density at radius 3 is 3.08 bits per heavy atom. The van der Waals surface area contributed by atoms with Crippen molar-refractivity contribution >= 4 is 6.09 Å². The van der Waals surface area contributed by atoms with Gasteiger partial charge < -0.3 is 15.4 Å². The molecule has 1 atom stereocenters. The summed E-state index contributed by atoms with van der Waals surface area (Å²) in [5.41, 5.74) is 5.56. The van der Waals surface area contributed by atoms with Crippen molar-refractivity contribution in [3.05, 3.63) is 0 Å². The molecule has 0 unspecified atom stereocenters. The van der Waals surface area contributed by atoms with Gasteiger partial charge in [0.2, 0.25) is 0 Å². The van der Waals surface area contributed by atoms with Crippen LogP contribution in [0.3, 0.4) is 0 Å². The Morgan fingerprint density at radius 2 is 2.46 bits per heavy atom. The lowest BCUT2D eigenvalue weighted by molar-refractivity contribution is 0.0893. The second kappa shape index (κ2) is 5.07. The van der Waals surface area contributed by atoms with Crippen molar-refractivity contribution < 1.29 is 9.53 Å². The molecule has 0 saturated carbocycles. The van der Waals surface area contributed by atoms with Gasteiger partial charge in [0.25, 0.3) is 0 Å². The maximum absolute atomic E-state index is 11.3. The van der Waals surface area contributed by atoms with Crippen molar-refractivity contribution in [1.29, 1.82) is 0 Å². The normalized spacial score (nSPS) is 22.9. The fourth-order valence-electron chi connectivity index (χ4n) is 1.64. The van der Waals surface area contributed by atoms with Gasteiger partial charge in [0.1, 0.15) is 0 Å². The van der Waals surface area contributed by atoms with Crippen LogP contribution in [0.1, 0.15) is 19.8 Å². The molecular formula is C9H18N2O2. The van der Waals surface area contributed by atoms with Crippen LogP contribution < -0.4 is 5.73 Å². The summed E-state index contributed by atoms with van der Waals surface area (Å²) in [7, 11) is 0. The van der Waals surface area contributed by atoms with E-state index in [4.69, 9.17) is 10.5 Å². The van der Waals surface area contributed by atoms with E-state index < -0.39 is 0 Å². The summed E-state index contributed by atoms with van der Waals surface area (Å²) >= 11 is 0. The molecule has 1 amide bonds. The van der Waals surface area contributed by atoms with Crippen LogP contribution in [0.5, 0.6) is 0 Å². The quantitative estimate of drug-likeness (QED) is 0.694. The van der Waals surface area contributed by atoms with E-state index in [9.17, 15) is 4.79 Å². The lowest BCUT2D eigenvalue weighted by atomic mass is 9.99. The first-order chi connectivity index (χ1) is 6.27. The molecule has 0 bridgehead atoms. The summed E-state index contributed by atoms with van der Waals surface area (Å²) < 4.78 is 4.92. The van der Waals surface area contributed by atoms with E-state index in [1.54, 1.807) is 4.90 Å². The molecule has 76 valence electrons. The molecule has 2 N–H and O–H groups in total. The van der Waals surface area contributed by atoms with Gasteiger partial charge in [0.05, 0.1) is 6.61 Å². The highest BCUT2D eigenvalue weighted by atomic mass is 16.6. The van der Waals surface area contributed by atoms with Gasteiger partial charge in [-0.2, -0.15) is 0 Å². The summed E-state index contributed by atoms with van der Waals surface area (Å²) in [6, 6.07) is 0. The Labute approximate surface area is 79.0 Å². The van der Waals surface area contributed by atoms with Gasteiger partial charge in [0, 0.05) is 13.1 Å². The fraction of sp³-hybridized carbons (Fsp3) is 0.889. The van der Waals surface area contributed by atoms with Crippen LogP contribution in [0.25, 0.3) is 0 Å². The van der Waals surface area contributed by atoms with Crippen molar-refractivity contribution in [2.75, 3.05) is 26.2 Å². The van der Waals surface area contributed by atoms with Gasteiger partial charge in [-0.1, -0.05) is 0 Å². The third kappa shape index (κ3) is 2.88. The van der Waals surface area contributed by atoms with Crippen LogP contribution >= 0.6 is 0 Å². The van der Waals surface area contributed by atoms with E-state index in [1.165, 1.54) is 0 Å². The molecule has 0 radical (unpaired) electrons. The number of likely N-dealkylation sites (tertiary alicyclic amines) is 1. The van der Waals surface area contributed by atoms with Gasteiger partial charge in [0.15, 0.2) is 0 Å². The summed E-state index contributed by atoms with van der Waals surface area (Å²) in [4.78, 5) is 13.1. The van der Waals surface area contributed by atoms with Crippen LogP contribution in [-0.4, -0.2) is 37.2 Å². The number of hydrogen-bond acceptors (Lipinski definition) is 3. The van der Waals surface area contributed by atoms with Crippen LogP contribution in [0, 0.1) is 5.92 Å². The number of nitrogens with two attached hydrogens (primary N) is 1. The average molecular weight is 186 g/mol. The second-order valence-corrected chi connectivity index (χ2v) is 3.39. The van der Waals surface area contributed by atoms with E-state index in [0.717, 1.165) is 25.9 Å². The molecule has 0 aromatic rings. The first-order valence-corrected chi connectivity index (χ1v) is 4.89. The molecular weight excluding hydrogens is 168 g/mol. The van der Waals surface area contributed by atoms with Crippen LogP contribution in [0.15, 0.2) is 0 Å². The van der Waals surface area contributed by atoms with Crippen LogP contribution in [-0.2, 0) is 4.74 Å². The maximum atomic E-state index is 11.3. The Kier molecular flexibility index (Phi) is 4.02. The van der Waals surface area contributed by atoms with Crippen molar-refractivity contribution in [1.82, 2.24) is 4.90 Å². The number of nitrogens with zero attached hydrogens (tertiary/aromatic N) is 1. The molecule has 0 spiro atoms. The minimum absolute atomic E-state index is 0.194. The van der Waals surface area contributed by atoms with E-state index in [2.05, 4.69) is 0 Å². The lowest BCUT2D eigenvalue weighted by Crippen LogP contribution is -2.42. The predicted octanol–water partition coefficient (Wildman–Crippen LogP) is 0.814. The van der Waals surface area contributed by atoms with E-state index >= 15 is 0 Å². The lowest BCUT2D eigenvalue weighted by Gasteiger charge is -2.31. The van der Waals surface area contributed by atoms with Crippen LogP contribution in [0.4, 0.5) is 4.79 Å². The zero-order chi connectivity index (χ0) is 9.68. The predicted molar refractivity (Wildman–Crippen MR) is 50.4 cm³/mol. The SMILES string of the molecule is CCOC(=O)N1CCC[C@H](CN)C1. The summed E-state index contributed by atoms with van der Waals surface area (Å²) in [6.45, 7) is 4.51. The zero-order valence-corrected chi connectivity index (χ0v) is 8.16. The number of ether oxygens (including phenoxy) is 1. The molecule has 0 aliphatic carbocycles. The highest BCUT2D eigenvalue weighted by molar-refractivity contribution is 5.67. The first-order valence-electron chi connectivity index (χ1n) is 4.89. The number of amides is 1. The number of carbonyl (C=O) groups excluding carboxylic acids is 1. The topological polar surface area (TPSA) is 55.6 Å². The van der Waals surface area contributed by atoms with Gasteiger partial charge in [-0.05, 0) is 32.2 Å². The molecule has 1 aliphatic heterocycles. The van der Waals surface area contributed by atoms with Gasteiger partial charge >= 0.3 is 6.09 Å². The van der Waals surface area contributed by atoms with Gasteiger partial charge in [-0.15, -0.1) is 0 Å². The molecule has 13 heavy (non-hydrogen) atoms. The van der Waals surface area contributed by atoms with E-state index in [1.807, 2.05) is 6.92 Å². The molecule has 4 heteroatoms. The molecule has 1 heterocycles. The monoisotopic (exact) mass is 186 g/mol. The summed E-state index contributed by atoms with van der Waals surface area (Å²) in [5, 5.41) is 0. The fourth-order valence-corrected chi connectivity index (χ4v) is 1.64. The average Bonchev–Trinajstić information content (AvgIpc) is 2.18. The molecule has 1 saturated heterocycles. The maximum Gasteiger partial charge on any atom is 0.409 e. The zero-order valence-electron chi connectivity index (χ0n) is 8.16. The number of carbonyl (C=O) groups is 1. The Bertz CT molecular complexity index is 173. The van der Waals surface area contributed by atoms with Crippen molar-refractivity contribution in [3.63, 3.8) is 0 Å². The highest BCUT2D eigenvalue weighted by Crippen LogP contribution is 2.15. The molecule has 0 aromatic heterocycles. The van der Waals surface area contributed by atoms with Crippen LogP contribution in [0.2, 0.25) is 0 Å². The standard InChI is InChI=1S/C9H18N2O2/c1-2-13-9(12)11-5-3-4-8(6-10)7-11/h8H,2-7,10H2,1H3/t8-/m1/s1. The number of rotatable bonds is 2. The first kappa shape index (κ1) is 10.3. The Balaban J connectivity index is 2.37. The summed E-state index contributed by atoms with van der Waals surface area (Å²) in [6.07, 6.45) is 1.98. The summed E-state index contributed by atoms with van der Waals surface area (Å²) in [5.74, 6) is 0.457. The number of piperidine rings is 1. The Hall–Kier alpha value is -0.770. The minimum Gasteiger partial charge on any atom is -0.450 e. The minimum atomic E-state index is -0.194. The van der Waals surface area contributed by atoms with Crippen molar-refractivity contribution in [3.8, 4) is 0 Å². The largest absolute Gasteiger partial charge is 0.450 e. The molecule has 4 nitrogen and oxygen atoms in total. The molecule has 1 aliphatic rings. The molecule has 0 aromatic carbocycles. The molecule has 1 fully saturated rings. The van der Waals surface area contributed by atoms with E-state index in [-0.39, 0.29) is 6.09 Å². The third-order valence-electron chi connectivity index (χ3n) is 2.38. The van der Waals surface area contributed by atoms with Crippen molar-refractivity contribution in [2.24, 2.45) is 11.7 Å². The van der Waals surface area contributed by atoms with Gasteiger partial charge in [-0.25, -0.2) is 4.79 Å². The molecule has 1 rings (SSSR count). The Morgan fingerprint density at radius 1 is 1.69 bits per heavy atom. The second-order valence-electron chi connectivity index (χ2n) is 3.39. The smallest absolute Gasteiger partial charge is 0.409 e. The van der Waals surface area contributed by atoms with E-state index in [0.29, 0.717) is 19.1 Å². The van der Waals surface area contributed by atoms with Crippen molar-refractivity contribution in [2.45, 2.75) is 19.8 Å². The number of hydrogen-bond donors (Lipinski definition) is 1. The third-order valence-corrected chi connectivity index (χ3v) is 2.38.